The van der Waals surface area contributed by atoms with Gasteiger partial charge in [0.2, 0.25) is 0 Å². The Hall–Kier alpha value is 1.83. The van der Waals surface area contributed by atoms with Crippen molar-refractivity contribution >= 4 is 68.6 Å². The van der Waals surface area contributed by atoms with Crippen molar-refractivity contribution in [3.05, 3.63) is 0 Å². The van der Waals surface area contributed by atoms with Gasteiger partial charge in [-0.1, -0.05) is 5.64 Å². The van der Waals surface area contributed by atoms with Gasteiger partial charge in [-0.2, -0.15) is 9.88 Å². The van der Waals surface area contributed by atoms with Gasteiger partial charge >= 0.3 is 0 Å². The standard InChI is InChI=1S/C3H9I3N6O3/c4-10-1-11(5)3-13-8-15-9-14-7-12(6)2-10/h7-9H,1-3H2. The number of halogens is 3. The van der Waals surface area contributed by atoms with E-state index in [0.29, 0.717) is 13.4 Å². The summed E-state index contributed by atoms with van der Waals surface area (Å²) in [7, 11) is 0. The predicted octanol–water partition coefficient (Wildman–Crippen LogP) is 0.137. The molecule has 0 spiro atoms. The van der Waals surface area contributed by atoms with Crippen molar-refractivity contribution in [2.45, 2.75) is 0 Å². The van der Waals surface area contributed by atoms with E-state index in [9.17, 15) is 0 Å². The van der Waals surface area contributed by atoms with Crippen LogP contribution in [-0.4, -0.2) is 29.5 Å². The molecule has 0 amide bonds. The monoisotopic (exact) mass is 558 g/mol. The Bertz CT molecular complexity index is 163. The average molecular weight is 558 g/mol. The van der Waals surface area contributed by atoms with Crippen LogP contribution in [0.4, 0.5) is 0 Å². The van der Waals surface area contributed by atoms with E-state index in [4.69, 9.17) is 9.78 Å². The third-order valence-electron chi connectivity index (χ3n) is 1.12. The van der Waals surface area contributed by atoms with Crippen LogP contribution in [0.3, 0.4) is 0 Å². The minimum atomic E-state index is 0.371. The summed E-state index contributed by atoms with van der Waals surface area (Å²) in [6.07, 6.45) is 0. The van der Waals surface area contributed by atoms with Crippen LogP contribution in [0.2, 0.25) is 0 Å². The predicted molar refractivity (Wildman–Crippen MR) is 74.8 cm³/mol. The third kappa shape index (κ3) is 7.70. The van der Waals surface area contributed by atoms with Crippen molar-refractivity contribution < 1.29 is 14.7 Å². The number of hydrogen-bond acceptors (Lipinski definition) is 9. The van der Waals surface area contributed by atoms with Gasteiger partial charge in [-0.05, 0) is 5.64 Å². The Labute approximate surface area is 128 Å². The zero-order valence-electron chi connectivity index (χ0n) is 7.32. The highest BCUT2D eigenvalue weighted by Crippen LogP contribution is 2.08. The van der Waals surface area contributed by atoms with Crippen molar-refractivity contribution in [3.63, 3.8) is 0 Å². The highest BCUT2D eigenvalue weighted by atomic mass is 127. The Balaban J connectivity index is 2.33. The van der Waals surface area contributed by atoms with Gasteiger partial charge in [0.1, 0.15) is 6.73 Å². The van der Waals surface area contributed by atoms with E-state index in [1.54, 1.807) is 3.22 Å². The highest BCUT2D eigenvalue weighted by molar-refractivity contribution is 14.1. The average Bonchev–Trinajstić information content (AvgIpc) is 2.14. The first-order valence-electron chi connectivity index (χ1n) is 3.62. The van der Waals surface area contributed by atoms with Gasteiger partial charge < -0.3 is 0 Å². The molecule has 3 N–H and O–H groups in total. The van der Waals surface area contributed by atoms with Crippen LogP contribution in [0.1, 0.15) is 0 Å². The normalized spacial score (nSPS) is 25.8. The number of nitrogens with one attached hydrogen (secondary N) is 3. The van der Waals surface area contributed by atoms with E-state index in [1.165, 1.54) is 0 Å². The molecule has 9 nitrogen and oxygen atoms in total. The lowest BCUT2D eigenvalue weighted by atomic mass is 10.9. The molecule has 0 bridgehead atoms. The molecule has 0 aromatic rings. The maximum Gasteiger partial charge on any atom is 0.133 e. The molecule has 1 saturated heterocycles. The first kappa shape index (κ1) is 14.9. The van der Waals surface area contributed by atoms with Crippen LogP contribution >= 0.6 is 68.6 Å². The van der Waals surface area contributed by atoms with Crippen molar-refractivity contribution in [1.82, 2.24) is 26.3 Å². The van der Waals surface area contributed by atoms with Gasteiger partial charge in [0.15, 0.2) is 0 Å². The Morgan fingerprint density at radius 2 is 1.73 bits per heavy atom. The van der Waals surface area contributed by atoms with E-state index in [0.717, 1.165) is 6.67 Å². The molecular weight excluding hydrogens is 549 g/mol. The SMILES string of the molecule is IN1CONONONN(I)CN(I)C1. The van der Waals surface area contributed by atoms with Crippen LogP contribution < -0.4 is 16.9 Å². The summed E-state index contributed by atoms with van der Waals surface area (Å²) in [5, 5.41) is 0. The zero-order chi connectivity index (χ0) is 11.1. The van der Waals surface area contributed by atoms with Crippen molar-refractivity contribution in [3.8, 4) is 0 Å². The maximum atomic E-state index is 4.92. The first-order chi connectivity index (χ1) is 7.18. The van der Waals surface area contributed by atoms with Gasteiger partial charge in [0.05, 0.1) is 13.3 Å². The second-order valence-electron chi connectivity index (χ2n) is 2.31. The van der Waals surface area contributed by atoms with Crippen LogP contribution in [0.25, 0.3) is 0 Å². The third-order valence-corrected chi connectivity index (χ3v) is 2.81. The number of hydrogen-bond donors (Lipinski definition) is 3. The highest BCUT2D eigenvalue weighted by Gasteiger charge is 2.11. The quantitative estimate of drug-likeness (QED) is 0.285. The molecule has 12 heteroatoms. The van der Waals surface area contributed by atoms with Crippen LogP contribution in [-0.2, 0) is 14.7 Å². The fourth-order valence-electron chi connectivity index (χ4n) is 0.648. The molecule has 0 atom stereocenters. The van der Waals surface area contributed by atoms with Gasteiger partial charge in [0.25, 0.3) is 0 Å². The molecule has 1 aliphatic rings. The molecule has 0 unspecified atom stereocenters. The fourth-order valence-corrected chi connectivity index (χ4v) is 3.46. The summed E-state index contributed by atoms with van der Waals surface area (Å²) < 4.78 is 5.65. The smallest absolute Gasteiger partial charge is 0.133 e. The van der Waals surface area contributed by atoms with Crippen molar-refractivity contribution in [1.29, 1.82) is 0 Å². The van der Waals surface area contributed by atoms with Gasteiger partial charge in [0, 0.05) is 68.6 Å². The fraction of sp³-hybridized carbons (Fsp3) is 1.00. The molecular formula is C3H9I3N6O3. The number of nitrogens with zero attached hydrogens (tertiary/aromatic N) is 3. The molecule has 0 aromatic heterocycles. The minimum Gasteiger partial charge on any atom is -0.258 e. The van der Waals surface area contributed by atoms with E-state index >= 15 is 0 Å². The molecule has 1 aliphatic heterocycles. The topological polar surface area (TPSA) is 73.5 Å². The summed E-state index contributed by atoms with van der Waals surface area (Å²) in [5.74, 6) is 0. The molecule has 15 heavy (non-hydrogen) atoms. The van der Waals surface area contributed by atoms with Crippen LogP contribution in [0, 0.1) is 0 Å². The summed E-state index contributed by atoms with van der Waals surface area (Å²) in [6.45, 7) is 1.74. The van der Waals surface area contributed by atoms with E-state index < -0.39 is 0 Å². The zero-order valence-corrected chi connectivity index (χ0v) is 13.8. The van der Waals surface area contributed by atoms with E-state index in [2.05, 4.69) is 90.4 Å². The van der Waals surface area contributed by atoms with Crippen molar-refractivity contribution in [2.24, 2.45) is 0 Å². The lowest BCUT2D eigenvalue weighted by Crippen LogP contribution is -2.43. The summed E-state index contributed by atoms with van der Waals surface area (Å²) in [6, 6.07) is 0. The Morgan fingerprint density at radius 1 is 0.933 bits per heavy atom. The Morgan fingerprint density at radius 3 is 2.53 bits per heavy atom. The summed E-state index contributed by atoms with van der Waals surface area (Å²) in [4.78, 5) is 14.2. The molecule has 90 valence electrons. The first-order valence-corrected chi connectivity index (χ1v) is 6.52. The van der Waals surface area contributed by atoms with E-state index in [-0.39, 0.29) is 0 Å². The number of rotatable bonds is 0. The van der Waals surface area contributed by atoms with Crippen LogP contribution in [0.5, 0.6) is 0 Å². The second kappa shape index (κ2) is 8.85. The molecule has 1 rings (SSSR count). The Kier molecular flexibility index (Phi) is 8.79. The molecule has 0 radical (unpaired) electrons. The molecule has 1 fully saturated rings. The van der Waals surface area contributed by atoms with E-state index in [1.807, 2.05) is 6.23 Å². The lowest BCUT2D eigenvalue weighted by molar-refractivity contribution is -0.321. The van der Waals surface area contributed by atoms with Gasteiger partial charge in [-0.3, -0.25) is 4.84 Å². The largest absolute Gasteiger partial charge is 0.258 e. The van der Waals surface area contributed by atoms with Gasteiger partial charge in [-0.25, -0.2) is 6.23 Å². The molecule has 0 saturated carbocycles. The molecule has 0 aliphatic carbocycles. The van der Waals surface area contributed by atoms with Crippen molar-refractivity contribution in [2.75, 3.05) is 20.1 Å². The minimum absolute atomic E-state index is 0.371. The maximum absolute atomic E-state index is 4.92. The number of hydrazine groups is 1. The molecule has 0 aromatic carbocycles. The summed E-state index contributed by atoms with van der Waals surface area (Å²) >= 11 is 6.40. The lowest BCUT2D eigenvalue weighted by Gasteiger charge is -2.24. The molecule has 1 heterocycles. The van der Waals surface area contributed by atoms with Crippen LogP contribution in [0.15, 0.2) is 0 Å². The van der Waals surface area contributed by atoms with Gasteiger partial charge in [-0.15, -0.1) is 8.81 Å². The summed E-state index contributed by atoms with van der Waals surface area (Å²) in [5.41, 5.74) is 6.89. The second-order valence-corrected chi connectivity index (χ2v) is 6.20.